The van der Waals surface area contributed by atoms with Crippen molar-refractivity contribution in [3.63, 3.8) is 0 Å². The van der Waals surface area contributed by atoms with Crippen LogP contribution in [0.4, 0.5) is 0 Å². The lowest BCUT2D eigenvalue weighted by atomic mass is 10.0. The predicted octanol–water partition coefficient (Wildman–Crippen LogP) is 3.03. The van der Waals surface area contributed by atoms with E-state index in [1.807, 2.05) is 45.0 Å². The van der Waals surface area contributed by atoms with Crippen molar-refractivity contribution < 1.29 is 14.3 Å². The smallest absolute Gasteiger partial charge is 0.191 e. The fourth-order valence-corrected chi connectivity index (χ4v) is 2.39. The lowest BCUT2D eigenvalue weighted by Crippen LogP contribution is -2.44. The fraction of sp³-hybridized carbons (Fsp3) is 0.450. The van der Waals surface area contributed by atoms with Crippen LogP contribution in [0.15, 0.2) is 52.1 Å². The van der Waals surface area contributed by atoms with Crippen molar-refractivity contribution in [2.24, 2.45) is 4.99 Å². The number of aliphatic imine (C=N–C) groups is 1. The van der Waals surface area contributed by atoms with E-state index in [1.54, 1.807) is 25.3 Å². The molecule has 1 aromatic heterocycles. The first-order valence-corrected chi connectivity index (χ1v) is 8.95. The van der Waals surface area contributed by atoms with Gasteiger partial charge in [0.05, 0.1) is 25.5 Å². The van der Waals surface area contributed by atoms with Crippen molar-refractivity contribution >= 4 is 5.96 Å². The molecule has 2 aromatic rings. The van der Waals surface area contributed by atoms with Gasteiger partial charge in [0.2, 0.25) is 0 Å². The van der Waals surface area contributed by atoms with Gasteiger partial charge in [0.15, 0.2) is 5.96 Å². The van der Waals surface area contributed by atoms with Gasteiger partial charge in [0.1, 0.15) is 17.1 Å². The third-order valence-corrected chi connectivity index (χ3v) is 3.71. The number of ether oxygens (including phenoxy) is 1. The Hall–Kier alpha value is -2.47. The average molecular weight is 359 g/mol. The fourth-order valence-electron chi connectivity index (χ4n) is 2.39. The number of aliphatic hydroxyl groups is 1. The maximum atomic E-state index is 10.5. The van der Waals surface area contributed by atoms with Crippen molar-refractivity contribution in [3.05, 3.63) is 54.0 Å². The van der Waals surface area contributed by atoms with E-state index in [9.17, 15) is 5.11 Å². The van der Waals surface area contributed by atoms with E-state index in [-0.39, 0.29) is 12.6 Å². The van der Waals surface area contributed by atoms with Gasteiger partial charge in [-0.05, 0) is 57.5 Å². The van der Waals surface area contributed by atoms with Crippen LogP contribution in [0.2, 0.25) is 0 Å². The lowest BCUT2D eigenvalue weighted by Gasteiger charge is -2.22. The quantitative estimate of drug-likeness (QED) is 0.499. The van der Waals surface area contributed by atoms with Crippen molar-refractivity contribution in [1.29, 1.82) is 0 Å². The average Bonchev–Trinajstić information content (AvgIpc) is 3.14. The Labute approximate surface area is 155 Å². The molecule has 6 heteroatoms. The summed E-state index contributed by atoms with van der Waals surface area (Å²) in [5.41, 5.74) is -0.0358. The Kier molecular flexibility index (Phi) is 7.09. The first kappa shape index (κ1) is 19.8. The minimum Gasteiger partial charge on any atom is -0.491 e. The Balaban J connectivity index is 1.95. The summed E-state index contributed by atoms with van der Waals surface area (Å²) in [6.45, 7) is 9.26. The predicted molar refractivity (Wildman–Crippen MR) is 103 cm³/mol. The third kappa shape index (κ3) is 6.11. The SMILES string of the molecule is CCNC(=NCc1ccc(OC(C)C)cc1)NCC(C)(O)c1ccco1. The summed E-state index contributed by atoms with van der Waals surface area (Å²) in [5.74, 6) is 2.01. The maximum absolute atomic E-state index is 10.5. The first-order valence-electron chi connectivity index (χ1n) is 8.95. The molecule has 0 aliphatic carbocycles. The molecular formula is C20H29N3O3. The highest BCUT2D eigenvalue weighted by molar-refractivity contribution is 5.79. The van der Waals surface area contributed by atoms with E-state index in [4.69, 9.17) is 9.15 Å². The zero-order valence-corrected chi connectivity index (χ0v) is 16.0. The van der Waals surface area contributed by atoms with Gasteiger partial charge in [-0.3, -0.25) is 0 Å². The molecule has 1 heterocycles. The molecule has 2 rings (SSSR count). The molecule has 3 N–H and O–H groups in total. The number of nitrogens with one attached hydrogen (secondary N) is 2. The van der Waals surface area contributed by atoms with Gasteiger partial charge in [0, 0.05) is 6.54 Å². The summed E-state index contributed by atoms with van der Waals surface area (Å²) in [5, 5.41) is 16.9. The number of hydrogen-bond acceptors (Lipinski definition) is 4. The highest BCUT2D eigenvalue weighted by Gasteiger charge is 2.26. The Bertz CT molecular complexity index is 677. The van der Waals surface area contributed by atoms with Crippen LogP contribution in [-0.4, -0.2) is 30.3 Å². The second-order valence-electron chi connectivity index (χ2n) is 6.61. The lowest BCUT2D eigenvalue weighted by molar-refractivity contribution is 0.0386. The van der Waals surface area contributed by atoms with E-state index in [2.05, 4.69) is 15.6 Å². The molecule has 0 bridgehead atoms. The van der Waals surface area contributed by atoms with Gasteiger partial charge >= 0.3 is 0 Å². The summed E-state index contributed by atoms with van der Waals surface area (Å²) in [7, 11) is 0. The molecule has 0 fully saturated rings. The van der Waals surface area contributed by atoms with E-state index >= 15 is 0 Å². The topological polar surface area (TPSA) is 79.0 Å². The summed E-state index contributed by atoms with van der Waals surface area (Å²) < 4.78 is 10.9. The molecule has 0 saturated carbocycles. The second kappa shape index (κ2) is 9.29. The number of guanidine groups is 1. The monoisotopic (exact) mass is 359 g/mol. The molecule has 6 nitrogen and oxygen atoms in total. The van der Waals surface area contributed by atoms with Gasteiger partial charge in [-0.2, -0.15) is 0 Å². The number of hydrogen-bond donors (Lipinski definition) is 3. The zero-order valence-electron chi connectivity index (χ0n) is 16.0. The minimum atomic E-state index is -1.12. The van der Waals surface area contributed by atoms with Gasteiger partial charge in [-0.1, -0.05) is 12.1 Å². The van der Waals surface area contributed by atoms with Crippen molar-refractivity contribution in [2.75, 3.05) is 13.1 Å². The zero-order chi connectivity index (χ0) is 19.0. The molecule has 0 amide bonds. The van der Waals surface area contributed by atoms with Crippen LogP contribution < -0.4 is 15.4 Å². The molecule has 142 valence electrons. The van der Waals surface area contributed by atoms with Crippen molar-refractivity contribution in [1.82, 2.24) is 10.6 Å². The van der Waals surface area contributed by atoms with E-state index in [1.165, 1.54) is 0 Å². The van der Waals surface area contributed by atoms with Gasteiger partial charge in [-0.25, -0.2) is 4.99 Å². The van der Waals surface area contributed by atoms with E-state index in [0.29, 0.717) is 18.3 Å². The molecule has 0 spiro atoms. The molecule has 0 aliphatic heterocycles. The van der Waals surface area contributed by atoms with Crippen LogP contribution in [-0.2, 0) is 12.1 Å². The summed E-state index contributed by atoms with van der Waals surface area (Å²) in [6.07, 6.45) is 1.71. The highest BCUT2D eigenvalue weighted by atomic mass is 16.5. The number of rotatable bonds is 8. The Morgan fingerprint density at radius 2 is 1.96 bits per heavy atom. The molecule has 1 unspecified atom stereocenters. The largest absolute Gasteiger partial charge is 0.491 e. The van der Waals surface area contributed by atoms with Crippen LogP contribution in [0, 0.1) is 0 Å². The molecule has 0 radical (unpaired) electrons. The molecule has 26 heavy (non-hydrogen) atoms. The minimum absolute atomic E-state index is 0.158. The van der Waals surface area contributed by atoms with Crippen LogP contribution >= 0.6 is 0 Å². The number of benzene rings is 1. The van der Waals surface area contributed by atoms with Gasteiger partial charge < -0.3 is 24.9 Å². The maximum Gasteiger partial charge on any atom is 0.191 e. The number of nitrogens with zero attached hydrogens (tertiary/aromatic N) is 1. The molecule has 0 aliphatic rings. The number of furan rings is 1. The first-order chi connectivity index (χ1) is 12.4. The van der Waals surface area contributed by atoms with Crippen LogP contribution in [0.25, 0.3) is 0 Å². The van der Waals surface area contributed by atoms with Gasteiger partial charge in [0.25, 0.3) is 0 Å². The van der Waals surface area contributed by atoms with E-state index in [0.717, 1.165) is 17.9 Å². The van der Waals surface area contributed by atoms with Gasteiger partial charge in [-0.15, -0.1) is 0 Å². The summed E-state index contributed by atoms with van der Waals surface area (Å²) in [6, 6.07) is 11.4. The van der Waals surface area contributed by atoms with Crippen molar-refractivity contribution in [3.8, 4) is 5.75 Å². The normalized spacial score (nSPS) is 14.2. The van der Waals surface area contributed by atoms with Crippen LogP contribution in [0.1, 0.15) is 39.0 Å². The van der Waals surface area contributed by atoms with E-state index < -0.39 is 5.60 Å². The highest BCUT2D eigenvalue weighted by Crippen LogP contribution is 2.19. The van der Waals surface area contributed by atoms with Crippen molar-refractivity contribution in [2.45, 2.75) is 45.9 Å². The summed E-state index contributed by atoms with van der Waals surface area (Å²) >= 11 is 0. The van der Waals surface area contributed by atoms with Crippen LogP contribution in [0.5, 0.6) is 5.75 Å². The molecule has 1 aromatic carbocycles. The Morgan fingerprint density at radius 3 is 2.54 bits per heavy atom. The Morgan fingerprint density at radius 1 is 1.23 bits per heavy atom. The van der Waals surface area contributed by atoms with Crippen LogP contribution in [0.3, 0.4) is 0 Å². The second-order valence-corrected chi connectivity index (χ2v) is 6.61. The molecule has 1 atom stereocenters. The summed E-state index contributed by atoms with van der Waals surface area (Å²) in [4.78, 5) is 4.57. The molecular weight excluding hydrogens is 330 g/mol. The molecule has 0 saturated heterocycles. The third-order valence-electron chi connectivity index (χ3n) is 3.71. The standard InChI is InChI=1S/C20H29N3O3/c1-5-21-19(23-14-20(4,24)18-7-6-12-25-18)22-13-16-8-10-17(11-9-16)26-15(2)3/h6-12,15,24H,5,13-14H2,1-4H3,(H2,21,22,23).